The predicted octanol–water partition coefficient (Wildman–Crippen LogP) is 4.68. The summed E-state index contributed by atoms with van der Waals surface area (Å²) in [6.07, 6.45) is 3.19. The Bertz CT molecular complexity index is 1230. The van der Waals surface area contributed by atoms with Crippen LogP contribution >= 0.6 is 11.6 Å². The second-order valence-corrected chi connectivity index (χ2v) is 9.67. The van der Waals surface area contributed by atoms with E-state index in [1.807, 2.05) is 42.2 Å². The third-order valence-corrected chi connectivity index (χ3v) is 6.90. The highest BCUT2D eigenvalue weighted by Crippen LogP contribution is 2.29. The van der Waals surface area contributed by atoms with Crippen LogP contribution in [0.2, 0.25) is 5.02 Å². The molecule has 2 aliphatic heterocycles. The lowest BCUT2D eigenvalue weighted by Crippen LogP contribution is -2.40. The Morgan fingerprint density at radius 2 is 2.00 bits per heavy atom. The minimum Gasteiger partial charge on any atom is -0.338 e. The van der Waals surface area contributed by atoms with Gasteiger partial charge in [0.1, 0.15) is 0 Å². The van der Waals surface area contributed by atoms with Gasteiger partial charge in [0.25, 0.3) is 0 Å². The maximum absolute atomic E-state index is 13.1. The number of aromatic nitrogens is 2. The van der Waals surface area contributed by atoms with Crippen molar-refractivity contribution in [3.8, 4) is 11.4 Å². The molecule has 0 spiro atoms. The summed E-state index contributed by atoms with van der Waals surface area (Å²) in [7, 11) is 0. The fourth-order valence-electron chi connectivity index (χ4n) is 4.76. The van der Waals surface area contributed by atoms with Gasteiger partial charge in [-0.15, -0.1) is 0 Å². The second kappa shape index (κ2) is 10.2. The largest absolute Gasteiger partial charge is 0.338 e. The number of nitrogens with one attached hydrogen (secondary N) is 1. The molecule has 3 heterocycles. The standard InChI is InChI=1S/C26H28ClN5O3/c1-17-6-11-21(14-22(17)32-13-3-5-24(32)33)28-26(34)19-4-2-12-31(15-19)16-23-29-25(30-35-23)18-7-9-20(27)10-8-18/h6-11,14,19H,2-5,12-13,15-16H2,1H3,(H,28,34). The van der Waals surface area contributed by atoms with Gasteiger partial charge in [-0.3, -0.25) is 14.5 Å². The monoisotopic (exact) mass is 493 g/mol. The summed E-state index contributed by atoms with van der Waals surface area (Å²) < 4.78 is 5.46. The predicted molar refractivity (Wildman–Crippen MR) is 134 cm³/mol. The molecule has 2 aliphatic rings. The molecule has 2 amide bonds. The quantitative estimate of drug-likeness (QED) is 0.536. The van der Waals surface area contributed by atoms with E-state index in [1.54, 1.807) is 12.1 Å². The number of rotatable bonds is 6. The Balaban J connectivity index is 1.21. The maximum Gasteiger partial charge on any atom is 0.241 e. The van der Waals surface area contributed by atoms with Gasteiger partial charge in [0.05, 0.1) is 12.5 Å². The van der Waals surface area contributed by atoms with Gasteiger partial charge in [-0.05, 0) is 74.7 Å². The Labute approximate surface area is 209 Å². The highest BCUT2D eigenvalue weighted by Gasteiger charge is 2.28. The number of likely N-dealkylation sites (tertiary alicyclic amines) is 1. The van der Waals surface area contributed by atoms with Crippen LogP contribution in [0, 0.1) is 12.8 Å². The van der Waals surface area contributed by atoms with Crippen molar-refractivity contribution >= 4 is 34.8 Å². The minimum atomic E-state index is -0.138. The second-order valence-electron chi connectivity index (χ2n) is 9.23. The molecule has 0 aliphatic carbocycles. The highest BCUT2D eigenvalue weighted by atomic mass is 35.5. The summed E-state index contributed by atoms with van der Waals surface area (Å²) in [5, 5.41) is 7.80. The average molecular weight is 494 g/mol. The van der Waals surface area contributed by atoms with Gasteiger partial charge in [0.15, 0.2) is 0 Å². The summed E-state index contributed by atoms with van der Waals surface area (Å²) >= 11 is 5.95. The zero-order chi connectivity index (χ0) is 24.4. The molecule has 3 aromatic rings. The molecule has 35 heavy (non-hydrogen) atoms. The zero-order valence-corrected chi connectivity index (χ0v) is 20.4. The van der Waals surface area contributed by atoms with E-state index in [0.29, 0.717) is 36.2 Å². The number of hydrogen-bond acceptors (Lipinski definition) is 6. The molecule has 1 aromatic heterocycles. The number of piperidine rings is 1. The van der Waals surface area contributed by atoms with E-state index in [9.17, 15) is 9.59 Å². The van der Waals surface area contributed by atoms with E-state index < -0.39 is 0 Å². The molecule has 5 rings (SSSR count). The van der Waals surface area contributed by atoms with Crippen LogP contribution in [0.25, 0.3) is 11.4 Å². The van der Waals surface area contributed by atoms with Crippen molar-refractivity contribution in [1.29, 1.82) is 0 Å². The van der Waals surface area contributed by atoms with Gasteiger partial charge in [0.2, 0.25) is 23.5 Å². The number of nitrogens with zero attached hydrogens (tertiary/aromatic N) is 4. The number of halogens is 1. The molecule has 0 radical (unpaired) electrons. The first-order valence-electron chi connectivity index (χ1n) is 12.0. The Kier molecular flexibility index (Phi) is 6.83. The summed E-state index contributed by atoms with van der Waals surface area (Å²) in [5.41, 5.74) is 3.47. The summed E-state index contributed by atoms with van der Waals surface area (Å²) in [5.74, 6) is 1.04. The summed E-state index contributed by atoms with van der Waals surface area (Å²) in [6.45, 7) is 4.70. The SMILES string of the molecule is Cc1ccc(NC(=O)C2CCCN(Cc3nc(-c4ccc(Cl)cc4)no3)C2)cc1N1CCCC1=O. The smallest absolute Gasteiger partial charge is 0.241 e. The molecule has 0 bridgehead atoms. The van der Waals surface area contributed by atoms with E-state index in [2.05, 4.69) is 20.4 Å². The van der Waals surface area contributed by atoms with Crippen LogP contribution in [0.1, 0.15) is 37.1 Å². The molecule has 9 heteroatoms. The summed E-state index contributed by atoms with van der Waals surface area (Å²) in [4.78, 5) is 33.8. The van der Waals surface area contributed by atoms with Crippen molar-refractivity contribution in [2.75, 3.05) is 29.9 Å². The van der Waals surface area contributed by atoms with E-state index in [1.165, 1.54) is 0 Å². The Morgan fingerprint density at radius 3 is 2.77 bits per heavy atom. The molecule has 8 nitrogen and oxygen atoms in total. The van der Waals surface area contributed by atoms with Crippen molar-refractivity contribution in [3.63, 3.8) is 0 Å². The molecule has 182 valence electrons. The van der Waals surface area contributed by atoms with Crippen LogP contribution in [0.5, 0.6) is 0 Å². The van der Waals surface area contributed by atoms with Crippen LogP contribution in [-0.2, 0) is 16.1 Å². The molecule has 1 N–H and O–H groups in total. The van der Waals surface area contributed by atoms with Crippen LogP contribution in [0.3, 0.4) is 0 Å². The van der Waals surface area contributed by atoms with Crippen molar-refractivity contribution in [2.45, 2.75) is 39.2 Å². The fourth-order valence-corrected chi connectivity index (χ4v) is 4.89. The topological polar surface area (TPSA) is 91.6 Å². The van der Waals surface area contributed by atoms with E-state index in [-0.39, 0.29) is 17.7 Å². The first-order chi connectivity index (χ1) is 17.0. The van der Waals surface area contributed by atoms with Crippen molar-refractivity contribution in [3.05, 3.63) is 58.9 Å². The van der Waals surface area contributed by atoms with Crippen molar-refractivity contribution < 1.29 is 14.1 Å². The number of aryl methyl sites for hydroxylation is 1. The molecule has 2 saturated heterocycles. The van der Waals surface area contributed by atoms with Gasteiger partial charge in [0, 0.05) is 41.5 Å². The number of carbonyl (C=O) groups is 2. The number of hydrogen-bond donors (Lipinski definition) is 1. The van der Waals surface area contributed by atoms with E-state index in [0.717, 1.165) is 54.9 Å². The normalized spacial score (nSPS) is 18.7. The third kappa shape index (κ3) is 5.39. The highest BCUT2D eigenvalue weighted by molar-refractivity contribution is 6.30. The molecule has 1 atom stereocenters. The lowest BCUT2D eigenvalue weighted by Gasteiger charge is -2.31. The van der Waals surface area contributed by atoms with Crippen LogP contribution in [0.4, 0.5) is 11.4 Å². The lowest BCUT2D eigenvalue weighted by atomic mass is 9.97. The Hall–Kier alpha value is -3.23. The number of benzene rings is 2. The van der Waals surface area contributed by atoms with Gasteiger partial charge in [-0.2, -0.15) is 4.98 Å². The summed E-state index contributed by atoms with van der Waals surface area (Å²) in [6, 6.07) is 13.1. The minimum absolute atomic E-state index is 0.00960. The first kappa shape index (κ1) is 23.5. The third-order valence-electron chi connectivity index (χ3n) is 6.65. The molecular weight excluding hydrogens is 466 g/mol. The molecule has 2 fully saturated rings. The number of amides is 2. The van der Waals surface area contributed by atoms with E-state index in [4.69, 9.17) is 16.1 Å². The fraction of sp³-hybridized carbons (Fsp3) is 0.385. The van der Waals surface area contributed by atoms with Gasteiger partial charge >= 0.3 is 0 Å². The zero-order valence-electron chi connectivity index (χ0n) is 19.7. The van der Waals surface area contributed by atoms with Gasteiger partial charge in [-0.25, -0.2) is 0 Å². The molecule has 0 saturated carbocycles. The molecule has 1 unspecified atom stereocenters. The van der Waals surface area contributed by atoms with Crippen molar-refractivity contribution in [1.82, 2.24) is 15.0 Å². The van der Waals surface area contributed by atoms with Crippen LogP contribution < -0.4 is 10.2 Å². The Morgan fingerprint density at radius 1 is 1.17 bits per heavy atom. The van der Waals surface area contributed by atoms with Gasteiger partial charge in [-0.1, -0.05) is 22.8 Å². The van der Waals surface area contributed by atoms with Crippen LogP contribution in [-0.4, -0.2) is 46.5 Å². The maximum atomic E-state index is 13.1. The average Bonchev–Trinajstić information content (AvgIpc) is 3.50. The molecular formula is C26H28ClN5O3. The van der Waals surface area contributed by atoms with Crippen molar-refractivity contribution in [2.24, 2.45) is 5.92 Å². The number of carbonyl (C=O) groups excluding carboxylic acids is 2. The van der Waals surface area contributed by atoms with Crippen LogP contribution in [0.15, 0.2) is 47.0 Å². The first-order valence-corrected chi connectivity index (χ1v) is 12.4. The lowest BCUT2D eigenvalue weighted by molar-refractivity contribution is -0.121. The van der Waals surface area contributed by atoms with Gasteiger partial charge < -0.3 is 14.7 Å². The number of anilines is 2. The van der Waals surface area contributed by atoms with E-state index >= 15 is 0 Å². The molecule has 2 aromatic carbocycles.